The number of carbonyl (C=O) groups excluding carboxylic acids is 1. The molecule has 1 nitrogen and oxygen atoms in total. The Morgan fingerprint density at radius 3 is 2.54 bits per heavy atom. The molecular formula is C10H8Cl2O. The van der Waals surface area contributed by atoms with Crippen molar-refractivity contribution in [1.29, 1.82) is 0 Å². The number of hydrogen-bond acceptors (Lipinski definition) is 1. The number of aldehydes is 1. The maximum Gasteiger partial charge on any atom is 0.150 e. The summed E-state index contributed by atoms with van der Waals surface area (Å²) in [7, 11) is 0. The maximum absolute atomic E-state index is 10.5. The predicted octanol–water partition coefficient (Wildman–Crippen LogP) is 3.40. The quantitative estimate of drug-likeness (QED) is 0.557. The van der Waals surface area contributed by atoms with E-state index in [1.807, 2.05) is 6.08 Å². The normalized spacial score (nSPS) is 10.6. The van der Waals surface area contributed by atoms with Gasteiger partial charge in [-0.3, -0.25) is 4.79 Å². The van der Waals surface area contributed by atoms with Crippen molar-refractivity contribution in [3.05, 3.63) is 40.4 Å². The fraction of sp³-hybridized carbons (Fsp3) is 0.100. The van der Waals surface area contributed by atoms with E-state index >= 15 is 0 Å². The van der Waals surface area contributed by atoms with E-state index in [9.17, 15) is 4.79 Å². The molecule has 0 bridgehead atoms. The molecule has 0 atom stereocenters. The fourth-order valence-electron chi connectivity index (χ4n) is 0.981. The van der Waals surface area contributed by atoms with Gasteiger partial charge in [-0.2, -0.15) is 0 Å². The second kappa shape index (κ2) is 5.05. The SMILES string of the molecule is O=Cc1cc(Cl)cc(C=CCCl)c1. The summed E-state index contributed by atoms with van der Waals surface area (Å²) in [4.78, 5) is 10.5. The van der Waals surface area contributed by atoms with Crippen molar-refractivity contribution >= 4 is 35.6 Å². The van der Waals surface area contributed by atoms with Crippen LogP contribution in [0.5, 0.6) is 0 Å². The zero-order chi connectivity index (χ0) is 9.68. The van der Waals surface area contributed by atoms with Crippen LogP contribution in [0, 0.1) is 0 Å². The number of allylic oxidation sites excluding steroid dienone is 1. The molecule has 0 aliphatic carbocycles. The zero-order valence-corrected chi connectivity index (χ0v) is 8.35. The Morgan fingerprint density at radius 1 is 1.23 bits per heavy atom. The lowest BCUT2D eigenvalue weighted by molar-refractivity contribution is 0.112. The Labute approximate surface area is 87.0 Å². The third kappa shape index (κ3) is 3.21. The van der Waals surface area contributed by atoms with Crippen molar-refractivity contribution < 1.29 is 4.79 Å². The van der Waals surface area contributed by atoms with E-state index in [1.165, 1.54) is 0 Å². The van der Waals surface area contributed by atoms with Crippen molar-refractivity contribution in [2.75, 3.05) is 5.88 Å². The van der Waals surface area contributed by atoms with Crippen LogP contribution < -0.4 is 0 Å². The summed E-state index contributed by atoms with van der Waals surface area (Å²) in [5.74, 6) is 0.447. The topological polar surface area (TPSA) is 17.1 Å². The monoisotopic (exact) mass is 214 g/mol. The number of carbonyl (C=O) groups is 1. The second-order valence-corrected chi connectivity index (χ2v) is 3.24. The second-order valence-electron chi connectivity index (χ2n) is 2.49. The third-order valence-corrected chi connectivity index (χ3v) is 1.87. The smallest absolute Gasteiger partial charge is 0.150 e. The zero-order valence-electron chi connectivity index (χ0n) is 6.84. The van der Waals surface area contributed by atoms with Crippen LogP contribution in [-0.4, -0.2) is 12.2 Å². The van der Waals surface area contributed by atoms with Gasteiger partial charge in [0.05, 0.1) is 0 Å². The third-order valence-electron chi connectivity index (χ3n) is 1.48. The molecule has 0 saturated carbocycles. The molecule has 0 saturated heterocycles. The molecule has 0 aliphatic rings. The van der Waals surface area contributed by atoms with E-state index in [0.717, 1.165) is 11.8 Å². The summed E-state index contributed by atoms with van der Waals surface area (Å²) in [6.45, 7) is 0. The van der Waals surface area contributed by atoms with Gasteiger partial charge in [-0.15, -0.1) is 11.6 Å². The maximum atomic E-state index is 10.5. The van der Waals surface area contributed by atoms with Crippen LogP contribution in [0.15, 0.2) is 24.3 Å². The first kappa shape index (κ1) is 10.3. The van der Waals surface area contributed by atoms with Crippen LogP contribution in [0.25, 0.3) is 6.08 Å². The number of alkyl halides is 1. The highest BCUT2D eigenvalue weighted by Gasteiger charge is 1.95. The number of hydrogen-bond donors (Lipinski definition) is 0. The lowest BCUT2D eigenvalue weighted by Crippen LogP contribution is -1.81. The van der Waals surface area contributed by atoms with E-state index in [2.05, 4.69) is 0 Å². The van der Waals surface area contributed by atoms with Crippen LogP contribution in [0.4, 0.5) is 0 Å². The molecule has 0 spiro atoms. The molecule has 1 rings (SSSR count). The van der Waals surface area contributed by atoms with Gasteiger partial charge >= 0.3 is 0 Å². The Bertz CT molecular complexity index is 332. The lowest BCUT2D eigenvalue weighted by Gasteiger charge is -1.96. The van der Waals surface area contributed by atoms with Crippen LogP contribution >= 0.6 is 23.2 Å². The van der Waals surface area contributed by atoms with Crippen molar-refractivity contribution in [3.8, 4) is 0 Å². The molecule has 0 aromatic heterocycles. The van der Waals surface area contributed by atoms with Gasteiger partial charge in [-0.1, -0.05) is 23.8 Å². The van der Waals surface area contributed by atoms with Crippen molar-refractivity contribution in [2.24, 2.45) is 0 Å². The molecule has 13 heavy (non-hydrogen) atoms. The molecule has 0 unspecified atom stereocenters. The fourth-order valence-corrected chi connectivity index (χ4v) is 1.32. The molecular weight excluding hydrogens is 207 g/mol. The molecule has 1 aromatic carbocycles. The number of rotatable bonds is 3. The van der Waals surface area contributed by atoms with Gasteiger partial charge in [0, 0.05) is 16.5 Å². The molecule has 1 aromatic rings. The van der Waals surface area contributed by atoms with Gasteiger partial charge in [0.1, 0.15) is 6.29 Å². The van der Waals surface area contributed by atoms with Gasteiger partial charge in [0.25, 0.3) is 0 Å². The van der Waals surface area contributed by atoms with E-state index in [0.29, 0.717) is 16.5 Å². The summed E-state index contributed by atoms with van der Waals surface area (Å²) in [5.41, 5.74) is 1.46. The minimum absolute atomic E-state index is 0.447. The van der Waals surface area contributed by atoms with Crippen LogP contribution in [0.3, 0.4) is 0 Å². The first-order valence-corrected chi connectivity index (χ1v) is 4.66. The lowest BCUT2D eigenvalue weighted by atomic mass is 10.1. The highest BCUT2D eigenvalue weighted by Crippen LogP contribution is 2.15. The Balaban J connectivity index is 3.01. The minimum atomic E-state index is 0.447. The molecule has 0 radical (unpaired) electrons. The van der Waals surface area contributed by atoms with E-state index in [1.54, 1.807) is 24.3 Å². The first-order valence-electron chi connectivity index (χ1n) is 3.74. The average Bonchev–Trinajstić information content (AvgIpc) is 2.14. The highest BCUT2D eigenvalue weighted by molar-refractivity contribution is 6.31. The van der Waals surface area contributed by atoms with E-state index in [4.69, 9.17) is 23.2 Å². The summed E-state index contributed by atoms with van der Waals surface area (Å²) in [6.07, 6.45) is 4.39. The van der Waals surface area contributed by atoms with Crippen LogP contribution in [-0.2, 0) is 0 Å². The van der Waals surface area contributed by atoms with E-state index in [-0.39, 0.29) is 0 Å². The first-order chi connectivity index (χ1) is 6.26. The molecule has 0 aliphatic heterocycles. The molecule has 0 heterocycles. The Kier molecular flexibility index (Phi) is 4.00. The molecule has 0 N–H and O–H groups in total. The van der Waals surface area contributed by atoms with Gasteiger partial charge in [-0.25, -0.2) is 0 Å². The number of halogens is 2. The van der Waals surface area contributed by atoms with Crippen molar-refractivity contribution in [1.82, 2.24) is 0 Å². The summed E-state index contributed by atoms with van der Waals surface area (Å²) in [5, 5.41) is 0.554. The summed E-state index contributed by atoms with van der Waals surface area (Å²) >= 11 is 11.3. The predicted molar refractivity (Wildman–Crippen MR) is 56.6 cm³/mol. The highest BCUT2D eigenvalue weighted by atomic mass is 35.5. The van der Waals surface area contributed by atoms with Crippen molar-refractivity contribution in [2.45, 2.75) is 0 Å². The van der Waals surface area contributed by atoms with Gasteiger partial charge in [0.15, 0.2) is 0 Å². The molecule has 68 valence electrons. The Morgan fingerprint density at radius 2 is 1.92 bits per heavy atom. The summed E-state index contributed by atoms with van der Waals surface area (Å²) in [6, 6.07) is 5.14. The molecule has 3 heteroatoms. The largest absolute Gasteiger partial charge is 0.298 e. The van der Waals surface area contributed by atoms with E-state index < -0.39 is 0 Å². The van der Waals surface area contributed by atoms with Gasteiger partial charge in [-0.05, 0) is 23.8 Å². The van der Waals surface area contributed by atoms with Gasteiger partial charge < -0.3 is 0 Å². The average molecular weight is 215 g/mol. The summed E-state index contributed by atoms with van der Waals surface area (Å²) < 4.78 is 0. The minimum Gasteiger partial charge on any atom is -0.298 e. The number of benzene rings is 1. The van der Waals surface area contributed by atoms with Gasteiger partial charge in [0.2, 0.25) is 0 Å². The Hall–Kier alpha value is -0.790. The van der Waals surface area contributed by atoms with Crippen LogP contribution in [0.1, 0.15) is 15.9 Å². The molecule has 0 fully saturated rings. The van der Waals surface area contributed by atoms with Crippen molar-refractivity contribution in [3.63, 3.8) is 0 Å². The molecule has 0 amide bonds. The van der Waals surface area contributed by atoms with Crippen LogP contribution in [0.2, 0.25) is 5.02 Å². The standard InChI is InChI=1S/C10H8Cl2O/c11-3-1-2-8-4-9(7-13)6-10(12)5-8/h1-2,4-7H,3H2.